The molecule has 2 amide bonds. The molecule has 12 heteroatoms. The third-order valence-electron chi connectivity index (χ3n) is 3.57. The molecule has 158 valence electrons. The van der Waals surface area contributed by atoms with Crippen molar-refractivity contribution in [1.82, 2.24) is 0 Å². The van der Waals surface area contributed by atoms with Crippen molar-refractivity contribution in [3.8, 4) is 11.5 Å². The summed E-state index contributed by atoms with van der Waals surface area (Å²) in [6, 6.07) is 7.42. The molecule has 2 aromatic rings. The van der Waals surface area contributed by atoms with Crippen LogP contribution in [0.4, 0.5) is 22.7 Å². The van der Waals surface area contributed by atoms with Gasteiger partial charge in [-0.3, -0.25) is 29.8 Å². The van der Waals surface area contributed by atoms with Gasteiger partial charge in [-0.15, -0.1) is 0 Å². The Kier molecular flexibility index (Phi) is 7.22. The number of ether oxygens (including phenoxy) is 2. The number of anilines is 2. The number of carbonyl (C=O) groups is 2. The quantitative estimate of drug-likeness (QED) is 0.357. The lowest BCUT2D eigenvalue weighted by Crippen LogP contribution is -2.14. The fraction of sp³-hybridized carbons (Fsp3) is 0.222. The molecular formula is C18H18N4O8. The Labute approximate surface area is 170 Å². The molecule has 12 nitrogen and oxygen atoms in total. The summed E-state index contributed by atoms with van der Waals surface area (Å²) in [5.41, 5.74) is 0.0167. The fourth-order valence-corrected chi connectivity index (χ4v) is 2.38. The SMILES string of the molecule is CC(=O)Nc1ccc([N+](=O)[O-])cc1OCCOc1cc([N+](=O)[O-])ccc1NC(C)=O. The highest BCUT2D eigenvalue weighted by molar-refractivity contribution is 5.91. The number of carbonyl (C=O) groups excluding carboxylic acids is 2. The van der Waals surface area contributed by atoms with Crippen LogP contribution in [-0.4, -0.2) is 34.9 Å². The summed E-state index contributed by atoms with van der Waals surface area (Å²) in [5.74, 6) is -0.656. The smallest absolute Gasteiger partial charge is 0.273 e. The fourth-order valence-electron chi connectivity index (χ4n) is 2.38. The minimum atomic E-state index is -0.607. The van der Waals surface area contributed by atoms with Crippen molar-refractivity contribution < 1.29 is 28.9 Å². The predicted octanol–water partition coefficient (Wildman–Crippen LogP) is 2.88. The Balaban J connectivity index is 2.12. The highest BCUT2D eigenvalue weighted by Crippen LogP contribution is 2.31. The normalized spacial score (nSPS) is 10.1. The monoisotopic (exact) mass is 418 g/mol. The van der Waals surface area contributed by atoms with E-state index in [2.05, 4.69) is 10.6 Å². The summed E-state index contributed by atoms with van der Waals surface area (Å²) in [6.07, 6.45) is 0. The van der Waals surface area contributed by atoms with Crippen molar-refractivity contribution in [2.24, 2.45) is 0 Å². The molecule has 0 radical (unpaired) electrons. The minimum absolute atomic E-state index is 0.0594. The van der Waals surface area contributed by atoms with E-state index in [1.807, 2.05) is 0 Å². The van der Waals surface area contributed by atoms with Gasteiger partial charge >= 0.3 is 0 Å². The second kappa shape index (κ2) is 9.82. The Morgan fingerprint density at radius 2 is 1.17 bits per heavy atom. The summed E-state index contributed by atoms with van der Waals surface area (Å²) >= 11 is 0. The third kappa shape index (κ3) is 6.15. The molecule has 0 atom stereocenters. The van der Waals surface area contributed by atoms with Crippen LogP contribution < -0.4 is 20.1 Å². The molecule has 0 aliphatic carbocycles. The number of amides is 2. The van der Waals surface area contributed by atoms with Gasteiger partial charge in [-0.05, 0) is 12.1 Å². The number of benzene rings is 2. The van der Waals surface area contributed by atoms with Crippen LogP contribution >= 0.6 is 0 Å². The number of rotatable bonds is 9. The summed E-state index contributed by atoms with van der Waals surface area (Å²) < 4.78 is 11.0. The number of nitrogens with zero attached hydrogens (tertiary/aromatic N) is 2. The molecule has 2 N–H and O–H groups in total. The van der Waals surface area contributed by atoms with Crippen LogP contribution in [0.15, 0.2) is 36.4 Å². The van der Waals surface area contributed by atoms with Crippen LogP contribution in [0.1, 0.15) is 13.8 Å². The average molecular weight is 418 g/mol. The van der Waals surface area contributed by atoms with Crippen LogP contribution in [0.2, 0.25) is 0 Å². The molecule has 0 aromatic heterocycles. The molecule has 0 heterocycles. The van der Waals surface area contributed by atoms with Crippen molar-refractivity contribution in [3.63, 3.8) is 0 Å². The van der Waals surface area contributed by atoms with Crippen LogP contribution in [0, 0.1) is 20.2 Å². The van der Waals surface area contributed by atoms with E-state index in [1.54, 1.807) is 0 Å². The van der Waals surface area contributed by atoms with E-state index in [9.17, 15) is 29.8 Å². The van der Waals surface area contributed by atoms with Gasteiger partial charge < -0.3 is 20.1 Å². The van der Waals surface area contributed by atoms with Crippen LogP contribution in [0.3, 0.4) is 0 Å². The largest absolute Gasteiger partial charge is 0.488 e. The number of nitro groups is 2. The van der Waals surface area contributed by atoms with E-state index < -0.39 is 9.85 Å². The van der Waals surface area contributed by atoms with Gasteiger partial charge in [0, 0.05) is 26.0 Å². The maximum atomic E-state index is 11.3. The van der Waals surface area contributed by atoms with E-state index in [1.165, 1.54) is 38.1 Å². The predicted molar refractivity (Wildman–Crippen MR) is 106 cm³/mol. The Hall–Kier alpha value is -4.22. The van der Waals surface area contributed by atoms with Crippen molar-refractivity contribution in [3.05, 3.63) is 56.6 Å². The van der Waals surface area contributed by atoms with Gasteiger partial charge in [0.15, 0.2) is 0 Å². The van der Waals surface area contributed by atoms with Crippen LogP contribution in [0.25, 0.3) is 0 Å². The van der Waals surface area contributed by atoms with Crippen LogP contribution in [0.5, 0.6) is 11.5 Å². The highest BCUT2D eigenvalue weighted by Gasteiger charge is 2.15. The molecule has 0 spiro atoms. The first-order chi connectivity index (χ1) is 14.2. The summed E-state index contributed by atoms with van der Waals surface area (Å²) in [5, 5.41) is 26.9. The molecular weight excluding hydrogens is 400 g/mol. The van der Waals surface area contributed by atoms with Crippen molar-refractivity contribution in [2.45, 2.75) is 13.8 Å². The standard InChI is InChI=1S/C18H18N4O8/c1-11(23)19-15-5-3-13(21(25)26)9-17(15)29-7-8-30-18-10-14(22(27)28)4-6-16(18)20-12(2)24/h3-6,9-10H,7-8H2,1-2H3,(H,19,23)(H,20,24). The first-order valence-electron chi connectivity index (χ1n) is 8.55. The lowest BCUT2D eigenvalue weighted by atomic mass is 10.2. The van der Waals surface area contributed by atoms with E-state index >= 15 is 0 Å². The molecule has 30 heavy (non-hydrogen) atoms. The molecule has 0 aliphatic rings. The maximum Gasteiger partial charge on any atom is 0.273 e. The van der Waals surface area contributed by atoms with Gasteiger partial charge in [0.2, 0.25) is 11.8 Å². The second-order valence-electron chi connectivity index (χ2n) is 5.93. The van der Waals surface area contributed by atoms with Gasteiger partial charge in [-0.25, -0.2) is 0 Å². The first-order valence-corrected chi connectivity index (χ1v) is 8.55. The molecule has 0 fully saturated rings. The topological polar surface area (TPSA) is 163 Å². The molecule has 0 bridgehead atoms. The summed E-state index contributed by atoms with van der Waals surface area (Å²) in [4.78, 5) is 43.3. The summed E-state index contributed by atoms with van der Waals surface area (Å²) in [6.45, 7) is 2.35. The lowest BCUT2D eigenvalue weighted by Gasteiger charge is -2.14. The minimum Gasteiger partial charge on any atom is -0.488 e. The molecule has 0 aliphatic heterocycles. The highest BCUT2D eigenvalue weighted by atomic mass is 16.6. The Morgan fingerprint density at radius 1 is 0.800 bits per heavy atom. The first kappa shape index (κ1) is 22.1. The number of non-ortho nitro benzene ring substituents is 2. The van der Waals surface area contributed by atoms with E-state index in [0.29, 0.717) is 0 Å². The zero-order valence-corrected chi connectivity index (χ0v) is 16.0. The zero-order valence-electron chi connectivity index (χ0n) is 16.0. The number of nitro benzene ring substituents is 2. The molecule has 2 aromatic carbocycles. The van der Waals surface area contributed by atoms with Crippen molar-refractivity contribution in [2.75, 3.05) is 23.8 Å². The Bertz CT molecular complexity index is 913. The Morgan fingerprint density at radius 3 is 1.47 bits per heavy atom. The second-order valence-corrected chi connectivity index (χ2v) is 5.93. The molecule has 2 rings (SSSR count). The average Bonchev–Trinajstić information content (AvgIpc) is 2.66. The molecule has 0 saturated heterocycles. The summed E-state index contributed by atoms with van der Waals surface area (Å²) in [7, 11) is 0. The number of hydrogen-bond acceptors (Lipinski definition) is 8. The molecule has 0 unspecified atom stereocenters. The van der Waals surface area contributed by atoms with Gasteiger partial charge in [-0.1, -0.05) is 0 Å². The number of nitrogens with one attached hydrogen (secondary N) is 2. The van der Waals surface area contributed by atoms with Gasteiger partial charge in [0.05, 0.1) is 33.4 Å². The van der Waals surface area contributed by atoms with Gasteiger partial charge in [0.25, 0.3) is 11.4 Å². The number of hydrogen-bond donors (Lipinski definition) is 2. The van der Waals surface area contributed by atoms with Crippen molar-refractivity contribution >= 4 is 34.6 Å². The zero-order chi connectivity index (χ0) is 22.3. The lowest BCUT2D eigenvalue weighted by molar-refractivity contribution is -0.385. The van der Waals surface area contributed by atoms with Gasteiger partial charge in [0.1, 0.15) is 24.7 Å². The van der Waals surface area contributed by atoms with Crippen molar-refractivity contribution in [1.29, 1.82) is 0 Å². The maximum absolute atomic E-state index is 11.3. The molecule has 0 saturated carbocycles. The van der Waals surface area contributed by atoms with E-state index in [4.69, 9.17) is 9.47 Å². The van der Waals surface area contributed by atoms with E-state index in [0.717, 1.165) is 12.1 Å². The van der Waals surface area contributed by atoms with Crippen LogP contribution in [-0.2, 0) is 9.59 Å². The van der Waals surface area contributed by atoms with E-state index in [-0.39, 0.29) is 59.3 Å². The third-order valence-corrected chi connectivity index (χ3v) is 3.57. The van der Waals surface area contributed by atoms with Gasteiger partial charge in [-0.2, -0.15) is 0 Å².